The number of ether oxygens (including phenoxy) is 2. The van der Waals surface area contributed by atoms with Crippen molar-refractivity contribution < 1.29 is 27.5 Å². The van der Waals surface area contributed by atoms with Gasteiger partial charge in [-0.05, 0) is 49.2 Å². The summed E-state index contributed by atoms with van der Waals surface area (Å²) >= 11 is 0. The van der Waals surface area contributed by atoms with Gasteiger partial charge in [0.1, 0.15) is 16.4 Å². The van der Waals surface area contributed by atoms with Crippen LogP contribution in [0.1, 0.15) is 19.8 Å². The Labute approximate surface area is 187 Å². The highest BCUT2D eigenvalue weighted by molar-refractivity contribution is 7.89. The summed E-state index contributed by atoms with van der Waals surface area (Å²) in [6, 6.07) is 11.3. The number of rotatable bonds is 7. The van der Waals surface area contributed by atoms with Gasteiger partial charge < -0.3 is 20.1 Å². The maximum atomic E-state index is 13.3. The lowest BCUT2D eigenvalue weighted by molar-refractivity contribution is -0.121. The SMILES string of the molecule is COc1ccc(OC)c(S(=O)(=O)N2CCC[C@@H](C(=O)Nc3ccc(NC(C)=O)cc3)C2)c1. The summed E-state index contributed by atoms with van der Waals surface area (Å²) < 4.78 is 38.3. The van der Waals surface area contributed by atoms with Gasteiger partial charge in [-0.3, -0.25) is 9.59 Å². The number of nitrogens with one attached hydrogen (secondary N) is 2. The van der Waals surface area contributed by atoms with Crippen molar-refractivity contribution in [2.45, 2.75) is 24.7 Å². The largest absolute Gasteiger partial charge is 0.497 e. The maximum Gasteiger partial charge on any atom is 0.246 e. The van der Waals surface area contributed by atoms with Crippen molar-refractivity contribution in [1.29, 1.82) is 0 Å². The summed E-state index contributed by atoms with van der Waals surface area (Å²) in [5.74, 6) is -0.312. The summed E-state index contributed by atoms with van der Waals surface area (Å²) in [4.78, 5) is 23.9. The zero-order chi connectivity index (χ0) is 23.3. The first-order valence-electron chi connectivity index (χ1n) is 10.2. The smallest absolute Gasteiger partial charge is 0.246 e. The van der Waals surface area contributed by atoms with Gasteiger partial charge >= 0.3 is 0 Å². The number of carbonyl (C=O) groups excluding carboxylic acids is 2. The minimum Gasteiger partial charge on any atom is -0.497 e. The molecule has 1 heterocycles. The highest BCUT2D eigenvalue weighted by Crippen LogP contribution is 2.33. The highest BCUT2D eigenvalue weighted by atomic mass is 32.2. The van der Waals surface area contributed by atoms with Crippen LogP contribution < -0.4 is 20.1 Å². The molecule has 0 bridgehead atoms. The molecule has 9 nitrogen and oxygen atoms in total. The van der Waals surface area contributed by atoms with Crippen LogP contribution in [0.4, 0.5) is 11.4 Å². The Hall–Kier alpha value is -3.11. The lowest BCUT2D eigenvalue weighted by Crippen LogP contribution is -2.43. The summed E-state index contributed by atoms with van der Waals surface area (Å²) in [7, 11) is -1.02. The van der Waals surface area contributed by atoms with E-state index in [0.29, 0.717) is 36.5 Å². The second-order valence-corrected chi connectivity index (χ2v) is 9.37. The van der Waals surface area contributed by atoms with Crippen molar-refractivity contribution in [3.05, 3.63) is 42.5 Å². The van der Waals surface area contributed by atoms with E-state index in [-0.39, 0.29) is 29.0 Å². The van der Waals surface area contributed by atoms with Crippen molar-refractivity contribution >= 4 is 33.2 Å². The number of piperidine rings is 1. The van der Waals surface area contributed by atoms with Crippen LogP contribution in [-0.4, -0.2) is 51.8 Å². The van der Waals surface area contributed by atoms with Crippen LogP contribution in [0, 0.1) is 5.92 Å². The zero-order valence-corrected chi connectivity index (χ0v) is 19.1. The van der Waals surface area contributed by atoms with Crippen LogP contribution in [0.25, 0.3) is 0 Å². The van der Waals surface area contributed by atoms with Gasteiger partial charge in [0.25, 0.3) is 0 Å². The molecular formula is C22H27N3O6S. The van der Waals surface area contributed by atoms with Gasteiger partial charge in [0.2, 0.25) is 21.8 Å². The molecule has 0 aliphatic carbocycles. The first-order valence-corrected chi connectivity index (χ1v) is 11.6. The molecule has 0 radical (unpaired) electrons. The average Bonchev–Trinajstić information content (AvgIpc) is 2.79. The number of benzene rings is 2. The molecule has 0 unspecified atom stereocenters. The second-order valence-electron chi connectivity index (χ2n) is 7.47. The van der Waals surface area contributed by atoms with Crippen molar-refractivity contribution in [3.8, 4) is 11.5 Å². The molecule has 2 aromatic carbocycles. The topological polar surface area (TPSA) is 114 Å². The van der Waals surface area contributed by atoms with Crippen molar-refractivity contribution in [2.24, 2.45) is 5.92 Å². The first kappa shape index (κ1) is 23.6. The molecule has 1 aliphatic rings. The second kappa shape index (κ2) is 10.0. The van der Waals surface area contributed by atoms with Gasteiger partial charge in [-0.25, -0.2) is 8.42 Å². The number of methoxy groups -OCH3 is 2. The van der Waals surface area contributed by atoms with E-state index >= 15 is 0 Å². The molecule has 2 aromatic rings. The molecule has 32 heavy (non-hydrogen) atoms. The Bertz CT molecular complexity index is 1090. The number of nitrogens with zero attached hydrogens (tertiary/aromatic N) is 1. The van der Waals surface area contributed by atoms with E-state index < -0.39 is 15.9 Å². The third kappa shape index (κ3) is 5.38. The molecule has 2 N–H and O–H groups in total. The normalized spacial score (nSPS) is 16.8. The van der Waals surface area contributed by atoms with Gasteiger partial charge in [-0.2, -0.15) is 4.31 Å². The maximum absolute atomic E-state index is 13.3. The fourth-order valence-corrected chi connectivity index (χ4v) is 5.28. The predicted octanol–water partition coefficient (Wildman–Crippen LogP) is 2.70. The summed E-state index contributed by atoms with van der Waals surface area (Å²) in [6.45, 7) is 1.80. The molecule has 0 aromatic heterocycles. The third-order valence-corrected chi connectivity index (χ3v) is 7.10. The molecule has 1 fully saturated rings. The Kier molecular flexibility index (Phi) is 7.37. The fourth-order valence-electron chi connectivity index (χ4n) is 3.58. The van der Waals surface area contributed by atoms with E-state index in [2.05, 4.69) is 10.6 Å². The Morgan fingerprint density at radius 2 is 1.66 bits per heavy atom. The minimum absolute atomic E-state index is 0.00830. The molecule has 1 atom stereocenters. The van der Waals surface area contributed by atoms with Crippen LogP contribution in [0.15, 0.2) is 47.4 Å². The molecule has 10 heteroatoms. The number of hydrogen-bond acceptors (Lipinski definition) is 6. The fraction of sp³-hybridized carbons (Fsp3) is 0.364. The Balaban J connectivity index is 1.73. The number of amides is 2. The van der Waals surface area contributed by atoms with Crippen LogP contribution in [-0.2, 0) is 19.6 Å². The standard InChI is InChI=1S/C22H27N3O6S/c1-15(26)23-17-6-8-18(9-7-17)24-22(27)16-5-4-12-25(14-16)32(28,29)21-13-19(30-2)10-11-20(21)31-3/h6-11,13,16H,4-5,12,14H2,1-3H3,(H,23,26)(H,24,27)/t16-/m1/s1. The van der Waals surface area contributed by atoms with Crippen LogP contribution >= 0.6 is 0 Å². The molecule has 1 aliphatic heterocycles. The van der Waals surface area contributed by atoms with E-state index in [1.165, 1.54) is 31.5 Å². The molecule has 172 valence electrons. The molecule has 0 spiro atoms. The number of anilines is 2. The van der Waals surface area contributed by atoms with E-state index in [1.807, 2.05) is 0 Å². The van der Waals surface area contributed by atoms with Crippen LogP contribution in [0.5, 0.6) is 11.5 Å². The van der Waals surface area contributed by atoms with E-state index in [0.717, 1.165) is 0 Å². The van der Waals surface area contributed by atoms with E-state index in [4.69, 9.17) is 9.47 Å². The lowest BCUT2D eigenvalue weighted by Gasteiger charge is -2.31. The van der Waals surface area contributed by atoms with Crippen molar-refractivity contribution in [2.75, 3.05) is 37.9 Å². The number of carbonyl (C=O) groups is 2. The monoisotopic (exact) mass is 461 g/mol. The predicted molar refractivity (Wildman–Crippen MR) is 120 cm³/mol. The lowest BCUT2D eigenvalue weighted by atomic mass is 9.98. The molecule has 3 rings (SSSR count). The van der Waals surface area contributed by atoms with Gasteiger partial charge in [0.05, 0.1) is 20.1 Å². The zero-order valence-electron chi connectivity index (χ0n) is 18.3. The minimum atomic E-state index is -3.89. The van der Waals surface area contributed by atoms with Gasteiger partial charge in [-0.15, -0.1) is 0 Å². The van der Waals surface area contributed by atoms with E-state index in [1.54, 1.807) is 36.4 Å². The molecule has 2 amide bonds. The highest BCUT2D eigenvalue weighted by Gasteiger charge is 2.35. The summed E-state index contributed by atoms with van der Waals surface area (Å²) in [6.07, 6.45) is 1.14. The third-order valence-electron chi connectivity index (χ3n) is 5.22. The first-order chi connectivity index (χ1) is 15.2. The summed E-state index contributed by atoms with van der Waals surface area (Å²) in [5, 5.41) is 5.49. The number of sulfonamides is 1. The van der Waals surface area contributed by atoms with Gasteiger partial charge in [0, 0.05) is 37.5 Å². The van der Waals surface area contributed by atoms with Crippen LogP contribution in [0.2, 0.25) is 0 Å². The van der Waals surface area contributed by atoms with Gasteiger partial charge in [-0.1, -0.05) is 0 Å². The molecular weight excluding hydrogens is 434 g/mol. The van der Waals surface area contributed by atoms with Gasteiger partial charge in [0.15, 0.2) is 0 Å². The van der Waals surface area contributed by atoms with E-state index in [9.17, 15) is 18.0 Å². The van der Waals surface area contributed by atoms with Crippen molar-refractivity contribution in [3.63, 3.8) is 0 Å². The summed E-state index contributed by atoms with van der Waals surface area (Å²) in [5.41, 5.74) is 1.19. The van der Waals surface area contributed by atoms with Crippen LogP contribution in [0.3, 0.4) is 0 Å². The molecule has 1 saturated heterocycles. The Morgan fingerprint density at radius 1 is 1.00 bits per heavy atom. The quantitative estimate of drug-likeness (QED) is 0.655. The molecule has 0 saturated carbocycles. The number of hydrogen-bond donors (Lipinski definition) is 2. The van der Waals surface area contributed by atoms with Crippen molar-refractivity contribution in [1.82, 2.24) is 4.31 Å². The Morgan fingerprint density at radius 3 is 2.25 bits per heavy atom. The average molecular weight is 462 g/mol.